The molecule has 2 N–H and O–H groups in total. The van der Waals surface area contributed by atoms with Crippen molar-refractivity contribution in [3.05, 3.63) is 17.7 Å². The first-order valence-electron chi connectivity index (χ1n) is 9.62. The van der Waals surface area contributed by atoms with Crippen molar-refractivity contribution in [1.29, 1.82) is 0 Å². The molecular formula is C20H30ClN3O4. The number of carbonyl (C=O) groups excluding carboxylic acids is 2. The molecule has 0 aromatic heterocycles. The molecular weight excluding hydrogens is 382 g/mol. The molecule has 3 rings (SSSR count). The molecule has 0 aliphatic carbocycles. The highest BCUT2D eigenvalue weighted by Gasteiger charge is 2.30. The summed E-state index contributed by atoms with van der Waals surface area (Å²) in [6.07, 6.45) is 3.16. The fourth-order valence-electron chi connectivity index (χ4n) is 3.55. The Hall–Kier alpha value is -1.99. The first-order valence-corrected chi connectivity index (χ1v) is 9.62. The quantitative estimate of drug-likeness (QED) is 0.752. The number of piperidine rings is 1. The third-order valence-electron chi connectivity index (χ3n) is 5.59. The lowest BCUT2D eigenvalue weighted by molar-refractivity contribution is -0.121. The van der Waals surface area contributed by atoms with Crippen molar-refractivity contribution in [1.82, 2.24) is 10.2 Å². The molecule has 1 aromatic rings. The van der Waals surface area contributed by atoms with Crippen LogP contribution >= 0.6 is 12.4 Å². The number of benzene rings is 1. The number of halogens is 1. The summed E-state index contributed by atoms with van der Waals surface area (Å²) in [5, 5.41) is 6.15. The predicted octanol–water partition coefficient (Wildman–Crippen LogP) is 2.55. The fraction of sp³-hybridized carbons (Fsp3) is 0.600. The van der Waals surface area contributed by atoms with Crippen molar-refractivity contribution in [2.75, 3.05) is 45.7 Å². The van der Waals surface area contributed by atoms with Gasteiger partial charge in [0.05, 0.1) is 25.5 Å². The van der Waals surface area contributed by atoms with Gasteiger partial charge >= 0.3 is 0 Å². The molecule has 156 valence electrons. The third kappa shape index (κ3) is 4.70. The molecule has 2 amide bonds. The second-order valence-corrected chi connectivity index (χ2v) is 7.30. The highest BCUT2D eigenvalue weighted by molar-refractivity contribution is 6.05. The summed E-state index contributed by atoms with van der Waals surface area (Å²) in [6, 6.07) is 3.35. The first kappa shape index (κ1) is 22.3. The van der Waals surface area contributed by atoms with E-state index in [4.69, 9.17) is 9.47 Å². The maximum Gasteiger partial charge on any atom is 0.256 e. The topological polar surface area (TPSA) is 79.9 Å². The van der Waals surface area contributed by atoms with Crippen LogP contribution in [0.25, 0.3) is 0 Å². The molecule has 0 radical (unpaired) electrons. The summed E-state index contributed by atoms with van der Waals surface area (Å²) in [7, 11) is 3.08. The number of anilines is 1. The molecule has 7 nitrogen and oxygen atoms in total. The number of hydrogen-bond donors (Lipinski definition) is 2. The zero-order valence-electron chi connectivity index (χ0n) is 16.7. The Kier molecular flexibility index (Phi) is 7.95. The van der Waals surface area contributed by atoms with E-state index in [-0.39, 0.29) is 30.1 Å². The number of hydrogen-bond acceptors (Lipinski definition) is 5. The number of likely N-dealkylation sites (tertiary alicyclic amines) is 1. The monoisotopic (exact) mass is 411 g/mol. The van der Waals surface area contributed by atoms with Crippen molar-refractivity contribution in [3.63, 3.8) is 0 Å². The minimum absolute atomic E-state index is 0. The lowest BCUT2D eigenvalue weighted by Gasteiger charge is -2.32. The molecule has 1 atom stereocenters. The number of ether oxygens (including phenoxy) is 2. The van der Waals surface area contributed by atoms with E-state index in [1.807, 2.05) is 11.8 Å². The van der Waals surface area contributed by atoms with Crippen LogP contribution in [0.2, 0.25) is 0 Å². The summed E-state index contributed by atoms with van der Waals surface area (Å²) >= 11 is 0. The zero-order chi connectivity index (χ0) is 19.4. The molecule has 2 saturated heterocycles. The molecule has 2 aliphatic rings. The summed E-state index contributed by atoms with van der Waals surface area (Å²) < 4.78 is 10.7. The standard InChI is InChI=1S/C20H29N3O4.ClH/c1-13(14-11-21-12-14)19(24)22-16-10-18(27-3)17(26-2)9-15(16)20(25)23-7-5-4-6-8-23;/h9-10,13-14,21H,4-8,11-12H2,1-3H3,(H,22,24);1H. The van der Waals surface area contributed by atoms with Crippen molar-refractivity contribution in [2.45, 2.75) is 26.2 Å². The van der Waals surface area contributed by atoms with Gasteiger partial charge < -0.3 is 25.0 Å². The van der Waals surface area contributed by atoms with Crippen molar-refractivity contribution in [3.8, 4) is 11.5 Å². The zero-order valence-corrected chi connectivity index (χ0v) is 17.6. The van der Waals surface area contributed by atoms with E-state index in [0.29, 0.717) is 28.7 Å². The van der Waals surface area contributed by atoms with Crippen molar-refractivity contribution >= 4 is 29.9 Å². The van der Waals surface area contributed by atoms with Gasteiger partial charge in [-0.3, -0.25) is 9.59 Å². The second-order valence-electron chi connectivity index (χ2n) is 7.30. The van der Waals surface area contributed by atoms with Crippen LogP contribution in [-0.2, 0) is 4.79 Å². The van der Waals surface area contributed by atoms with E-state index in [0.717, 1.165) is 45.4 Å². The smallest absolute Gasteiger partial charge is 0.256 e. The van der Waals surface area contributed by atoms with Crippen molar-refractivity contribution < 1.29 is 19.1 Å². The van der Waals surface area contributed by atoms with Crippen LogP contribution < -0.4 is 20.1 Å². The number of nitrogens with one attached hydrogen (secondary N) is 2. The minimum Gasteiger partial charge on any atom is -0.493 e. The second kappa shape index (κ2) is 9.98. The fourth-order valence-corrected chi connectivity index (χ4v) is 3.55. The minimum atomic E-state index is -0.128. The number of rotatable bonds is 6. The lowest BCUT2D eigenvalue weighted by atomic mass is 9.88. The maximum absolute atomic E-state index is 13.1. The molecule has 2 aliphatic heterocycles. The largest absolute Gasteiger partial charge is 0.493 e. The van der Waals surface area contributed by atoms with Gasteiger partial charge in [0.1, 0.15) is 0 Å². The number of nitrogens with zero attached hydrogens (tertiary/aromatic N) is 1. The Labute approximate surface area is 172 Å². The summed E-state index contributed by atoms with van der Waals surface area (Å²) in [5.74, 6) is 1.00. The molecule has 1 aromatic carbocycles. The van der Waals surface area contributed by atoms with Crippen LogP contribution in [0.3, 0.4) is 0 Å². The molecule has 0 saturated carbocycles. The van der Waals surface area contributed by atoms with Gasteiger partial charge in [-0.2, -0.15) is 0 Å². The van der Waals surface area contributed by atoms with Gasteiger partial charge in [-0.05, 0) is 44.3 Å². The van der Waals surface area contributed by atoms with Crippen LogP contribution in [0.15, 0.2) is 12.1 Å². The van der Waals surface area contributed by atoms with Gasteiger partial charge in [-0.15, -0.1) is 12.4 Å². The molecule has 2 heterocycles. The van der Waals surface area contributed by atoms with Crippen LogP contribution in [0.5, 0.6) is 11.5 Å². The third-order valence-corrected chi connectivity index (χ3v) is 5.59. The van der Waals surface area contributed by atoms with E-state index in [9.17, 15) is 9.59 Å². The Balaban J connectivity index is 0.00000280. The number of carbonyl (C=O) groups is 2. The SMILES string of the molecule is COc1cc(NC(=O)C(C)C2CNC2)c(C(=O)N2CCCCC2)cc1OC.Cl. The van der Waals surface area contributed by atoms with E-state index in [2.05, 4.69) is 10.6 Å². The molecule has 0 spiro atoms. The Bertz CT molecular complexity index is 703. The van der Waals surface area contributed by atoms with Crippen LogP contribution in [0.4, 0.5) is 5.69 Å². The van der Waals surface area contributed by atoms with Gasteiger partial charge in [0.15, 0.2) is 11.5 Å². The highest BCUT2D eigenvalue weighted by Crippen LogP contribution is 2.35. The Morgan fingerprint density at radius 3 is 2.25 bits per heavy atom. The molecule has 2 fully saturated rings. The molecule has 0 bridgehead atoms. The summed E-state index contributed by atoms with van der Waals surface area (Å²) in [4.78, 5) is 27.7. The van der Waals surface area contributed by atoms with Gasteiger partial charge in [-0.25, -0.2) is 0 Å². The average molecular weight is 412 g/mol. The predicted molar refractivity (Wildman–Crippen MR) is 111 cm³/mol. The molecule has 8 heteroatoms. The highest BCUT2D eigenvalue weighted by atomic mass is 35.5. The number of methoxy groups -OCH3 is 2. The maximum atomic E-state index is 13.1. The Morgan fingerprint density at radius 1 is 1.11 bits per heavy atom. The van der Waals surface area contributed by atoms with Gasteiger partial charge in [0, 0.05) is 25.1 Å². The van der Waals surface area contributed by atoms with E-state index >= 15 is 0 Å². The number of amides is 2. The van der Waals surface area contributed by atoms with Crippen LogP contribution in [0, 0.1) is 11.8 Å². The van der Waals surface area contributed by atoms with Gasteiger partial charge in [0.2, 0.25) is 5.91 Å². The van der Waals surface area contributed by atoms with E-state index < -0.39 is 0 Å². The lowest BCUT2D eigenvalue weighted by Crippen LogP contribution is -2.48. The van der Waals surface area contributed by atoms with Crippen LogP contribution in [0.1, 0.15) is 36.5 Å². The Morgan fingerprint density at radius 2 is 1.71 bits per heavy atom. The van der Waals surface area contributed by atoms with E-state index in [1.54, 1.807) is 12.1 Å². The van der Waals surface area contributed by atoms with Crippen molar-refractivity contribution in [2.24, 2.45) is 11.8 Å². The first-order chi connectivity index (χ1) is 13.0. The van der Waals surface area contributed by atoms with E-state index in [1.165, 1.54) is 14.2 Å². The molecule has 1 unspecified atom stereocenters. The summed E-state index contributed by atoms with van der Waals surface area (Å²) in [6.45, 7) is 5.10. The van der Waals surface area contributed by atoms with Gasteiger partial charge in [0.25, 0.3) is 5.91 Å². The average Bonchev–Trinajstić information content (AvgIpc) is 2.66. The van der Waals surface area contributed by atoms with Gasteiger partial charge in [-0.1, -0.05) is 6.92 Å². The molecule has 28 heavy (non-hydrogen) atoms. The normalized spacial score (nSPS) is 17.8. The van der Waals surface area contributed by atoms with Crippen LogP contribution in [-0.4, -0.2) is 57.1 Å². The summed E-state index contributed by atoms with van der Waals surface area (Å²) in [5.41, 5.74) is 0.925.